The summed E-state index contributed by atoms with van der Waals surface area (Å²) in [5.41, 5.74) is 8.29. The largest absolute Gasteiger partial charge is 0.365 e. The Morgan fingerprint density at radius 3 is 2.53 bits per heavy atom. The van der Waals surface area contributed by atoms with E-state index in [-0.39, 0.29) is 23.2 Å². The van der Waals surface area contributed by atoms with E-state index in [9.17, 15) is 14.0 Å². The fraction of sp³-hybridized carbons (Fsp3) is 0.250. The number of fused-ring (bicyclic) bond motifs is 1. The highest BCUT2D eigenvalue weighted by molar-refractivity contribution is 6.31. The van der Waals surface area contributed by atoms with E-state index in [2.05, 4.69) is 15.3 Å². The van der Waals surface area contributed by atoms with Gasteiger partial charge in [0.2, 0.25) is 0 Å². The van der Waals surface area contributed by atoms with E-state index in [0.29, 0.717) is 35.7 Å². The number of urea groups is 1. The summed E-state index contributed by atoms with van der Waals surface area (Å²) < 4.78 is 15.3. The average molecular weight is 479 g/mol. The van der Waals surface area contributed by atoms with Crippen LogP contribution in [0.15, 0.2) is 42.5 Å². The molecule has 1 fully saturated rings. The molecule has 0 saturated heterocycles. The van der Waals surface area contributed by atoms with Crippen molar-refractivity contribution in [2.45, 2.75) is 31.5 Å². The summed E-state index contributed by atoms with van der Waals surface area (Å²) in [7, 11) is 0. The molecule has 5 rings (SSSR count). The number of nitrogens with zero attached hydrogens (tertiary/aromatic N) is 4. The lowest BCUT2D eigenvalue weighted by atomic mass is 10.0. The first-order valence-corrected chi connectivity index (χ1v) is 11.1. The number of nitrogens with one attached hydrogen (secondary N) is 1. The van der Waals surface area contributed by atoms with Crippen LogP contribution in [0.5, 0.6) is 0 Å². The molecule has 1 aliphatic heterocycles. The predicted molar refractivity (Wildman–Crippen MR) is 125 cm³/mol. The number of anilines is 1. The fourth-order valence-corrected chi connectivity index (χ4v) is 4.43. The number of carbonyl (C=O) groups is 2. The molecule has 0 atom stereocenters. The molecule has 10 heteroatoms. The van der Waals surface area contributed by atoms with E-state index >= 15 is 0 Å². The standard InChI is InChI=1S/C24H20ClFN6O2/c1-28-24(8-9-24)15-3-5-16(6-4-15)29-23(34)31-10-11-32-19(13-31)20(22(27)33)21(30-32)14-2-7-18(26)17(25)12-14/h2-7,12H,8-11,13H2,(H2,27,33)(H,29,34). The van der Waals surface area contributed by atoms with Gasteiger partial charge in [-0.3, -0.25) is 9.48 Å². The quantitative estimate of drug-likeness (QED) is 0.544. The number of hydrogen-bond donors (Lipinski definition) is 2. The zero-order valence-corrected chi connectivity index (χ0v) is 18.8. The minimum atomic E-state index is -0.691. The van der Waals surface area contributed by atoms with Crippen molar-refractivity contribution in [2.75, 3.05) is 11.9 Å². The molecule has 3 aromatic rings. The van der Waals surface area contributed by atoms with E-state index in [1.165, 1.54) is 18.2 Å². The van der Waals surface area contributed by atoms with Crippen molar-refractivity contribution in [3.05, 3.63) is 81.5 Å². The van der Waals surface area contributed by atoms with Crippen molar-refractivity contribution in [3.63, 3.8) is 0 Å². The summed E-state index contributed by atoms with van der Waals surface area (Å²) in [6.45, 7) is 8.25. The second-order valence-corrected chi connectivity index (χ2v) is 8.87. The summed E-state index contributed by atoms with van der Waals surface area (Å²) in [6.07, 6.45) is 1.72. The van der Waals surface area contributed by atoms with Crippen LogP contribution in [-0.2, 0) is 18.6 Å². The van der Waals surface area contributed by atoms with Crippen LogP contribution >= 0.6 is 11.6 Å². The van der Waals surface area contributed by atoms with Crippen molar-refractivity contribution in [1.82, 2.24) is 14.7 Å². The van der Waals surface area contributed by atoms with Crippen LogP contribution in [0.2, 0.25) is 5.02 Å². The maximum atomic E-state index is 13.6. The number of benzene rings is 2. The Labute approximate surface area is 199 Å². The molecular formula is C24H20ClFN6O2. The first-order chi connectivity index (χ1) is 16.3. The van der Waals surface area contributed by atoms with Crippen LogP contribution in [-0.4, -0.2) is 33.2 Å². The molecule has 2 aliphatic rings. The Kier molecular flexibility index (Phi) is 5.25. The Bertz CT molecular complexity index is 1360. The Balaban J connectivity index is 1.36. The zero-order chi connectivity index (χ0) is 24.0. The van der Waals surface area contributed by atoms with Crippen molar-refractivity contribution in [2.24, 2.45) is 5.73 Å². The summed E-state index contributed by atoms with van der Waals surface area (Å²) >= 11 is 5.91. The molecule has 0 bridgehead atoms. The maximum Gasteiger partial charge on any atom is 0.322 e. The van der Waals surface area contributed by atoms with E-state index in [0.717, 1.165) is 18.4 Å². The minimum Gasteiger partial charge on any atom is -0.365 e. The van der Waals surface area contributed by atoms with Gasteiger partial charge in [-0.05, 0) is 42.5 Å². The molecule has 8 nitrogen and oxygen atoms in total. The smallest absolute Gasteiger partial charge is 0.322 e. The molecule has 0 radical (unpaired) electrons. The molecule has 3 amide bonds. The molecule has 172 valence electrons. The number of carbonyl (C=O) groups excluding carboxylic acids is 2. The Morgan fingerprint density at radius 1 is 1.18 bits per heavy atom. The second kappa shape index (κ2) is 8.15. The average Bonchev–Trinajstić information content (AvgIpc) is 3.53. The lowest BCUT2D eigenvalue weighted by Gasteiger charge is -2.28. The number of rotatable bonds is 4. The lowest BCUT2D eigenvalue weighted by molar-refractivity contribution is 0.0997. The van der Waals surface area contributed by atoms with Gasteiger partial charge in [0, 0.05) is 36.2 Å². The molecule has 1 aromatic heterocycles. The predicted octanol–water partition coefficient (Wildman–Crippen LogP) is 4.40. The molecule has 0 spiro atoms. The first kappa shape index (κ1) is 21.9. The van der Waals surface area contributed by atoms with Crippen molar-refractivity contribution in [1.29, 1.82) is 0 Å². The third-order valence-corrected chi connectivity index (χ3v) is 6.61. The summed E-state index contributed by atoms with van der Waals surface area (Å²) in [5, 5.41) is 7.27. The molecule has 3 N–H and O–H groups in total. The van der Waals surface area contributed by atoms with Gasteiger partial charge >= 0.3 is 6.03 Å². The Morgan fingerprint density at radius 2 is 1.91 bits per heavy atom. The number of amides is 3. The SMILES string of the molecule is [C-]#[N+]C1(c2ccc(NC(=O)N3CCn4nc(-c5ccc(F)c(Cl)c5)c(C(N)=O)c4C3)cc2)CC1. The van der Waals surface area contributed by atoms with Gasteiger partial charge in [-0.15, -0.1) is 0 Å². The fourth-order valence-electron chi connectivity index (χ4n) is 4.25. The number of nitrogens with two attached hydrogens (primary N) is 1. The molecule has 34 heavy (non-hydrogen) atoms. The maximum absolute atomic E-state index is 13.6. The summed E-state index contributed by atoms with van der Waals surface area (Å²) in [6, 6.07) is 11.1. The number of primary amides is 1. The van der Waals surface area contributed by atoms with Crippen LogP contribution < -0.4 is 11.1 Å². The summed E-state index contributed by atoms with van der Waals surface area (Å²) in [5.74, 6) is -1.27. The van der Waals surface area contributed by atoms with Crippen molar-refractivity contribution in [3.8, 4) is 11.3 Å². The Hall–Kier alpha value is -3.90. The third-order valence-electron chi connectivity index (χ3n) is 6.32. The van der Waals surface area contributed by atoms with E-state index in [1.807, 2.05) is 12.1 Å². The van der Waals surface area contributed by atoms with Gasteiger partial charge in [-0.1, -0.05) is 11.6 Å². The highest BCUT2D eigenvalue weighted by atomic mass is 35.5. The molecule has 2 aromatic carbocycles. The molecule has 0 unspecified atom stereocenters. The molecule has 2 heterocycles. The highest BCUT2D eigenvalue weighted by Gasteiger charge is 2.52. The van der Waals surface area contributed by atoms with Gasteiger partial charge in [-0.2, -0.15) is 5.10 Å². The van der Waals surface area contributed by atoms with Crippen LogP contribution in [0.25, 0.3) is 16.1 Å². The van der Waals surface area contributed by atoms with Crippen LogP contribution in [0.1, 0.15) is 34.5 Å². The number of hydrogen-bond acceptors (Lipinski definition) is 3. The first-order valence-electron chi connectivity index (χ1n) is 10.7. The van der Waals surface area contributed by atoms with Gasteiger partial charge in [-0.25, -0.2) is 15.8 Å². The highest BCUT2D eigenvalue weighted by Crippen LogP contribution is 2.49. The number of halogens is 2. The van der Waals surface area contributed by atoms with Crippen LogP contribution in [0, 0.1) is 12.4 Å². The van der Waals surface area contributed by atoms with Crippen molar-refractivity contribution < 1.29 is 14.0 Å². The third kappa shape index (κ3) is 3.76. The van der Waals surface area contributed by atoms with E-state index in [1.54, 1.807) is 21.7 Å². The second-order valence-electron chi connectivity index (χ2n) is 8.46. The minimum absolute atomic E-state index is 0.0880. The zero-order valence-electron chi connectivity index (χ0n) is 18.0. The lowest BCUT2D eigenvalue weighted by Crippen LogP contribution is -2.41. The molecular weight excluding hydrogens is 459 g/mol. The topological polar surface area (TPSA) is 97.6 Å². The van der Waals surface area contributed by atoms with Gasteiger partial charge in [0.15, 0.2) is 0 Å². The monoisotopic (exact) mass is 478 g/mol. The van der Waals surface area contributed by atoms with Crippen molar-refractivity contribution >= 4 is 29.2 Å². The van der Waals surface area contributed by atoms with Gasteiger partial charge in [0.05, 0.1) is 29.4 Å². The van der Waals surface area contributed by atoms with Crippen LogP contribution in [0.3, 0.4) is 0 Å². The van der Waals surface area contributed by atoms with E-state index in [4.69, 9.17) is 23.9 Å². The summed E-state index contributed by atoms with van der Waals surface area (Å²) in [4.78, 5) is 30.5. The van der Waals surface area contributed by atoms with Crippen LogP contribution in [0.4, 0.5) is 14.9 Å². The van der Waals surface area contributed by atoms with Gasteiger partial charge < -0.3 is 20.8 Å². The van der Waals surface area contributed by atoms with E-state index < -0.39 is 17.3 Å². The van der Waals surface area contributed by atoms with Gasteiger partial charge in [0.1, 0.15) is 11.5 Å². The molecule has 1 aliphatic carbocycles. The normalized spacial score (nSPS) is 15.9. The molecule has 1 saturated carbocycles. The van der Waals surface area contributed by atoms with Gasteiger partial charge in [0.25, 0.3) is 11.4 Å². The number of aromatic nitrogens is 2.